The Bertz CT molecular complexity index is 1300. The van der Waals surface area contributed by atoms with Crippen molar-refractivity contribution in [2.24, 2.45) is 5.41 Å². The van der Waals surface area contributed by atoms with Crippen LogP contribution in [-0.2, 0) is 11.0 Å². The maximum absolute atomic E-state index is 14.1. The highest BCUT2D eigenvalue weighted by Crippen LogP contribution is 2.49. The lowest BCUT2D eigenvalue weighted by Crippen LogP contribution is -2.57. The van der Waals surface area contributed by atoms with Crippen molar-refractivity contribution in [1.82, 2.24) is 14.7 Å². The molecule has 2 saturated heterocycles. The fourth-order valence-corrected chi connectivity index (χ4v) is 6.55. The van der Waals surface area contributed by atoms with E-state index in [1.54, 1.807) is 29.7 Å². The van der Waals surface area contributed by atoms with Gasteiger partial charge in [-0.15, -0.1) is 0 Å². The number of hydrogen-bond acceptors (Lipinski definition) is 4. The van der Waals surface area contributed by atoms with Crippen LogP contribution in [0, 0.1) is 18.2 Å². The van der Waals surface area contributed by atoms with Crippen LogP contribution in [0.5, 0.6) is 0 Å². The van der Waals surface area contributed by atoms with Crippen LogP contribution < -0.4 is 0 Å². The molecule has 2 fully saturated rings. The Morgan fingerprint density at radius 3 is 2.39 bits per heavy atom. The number of aliphatic hydroxyl groups is 2. The number of amides is 3. The van der Waals surface area contributed by atoms with Gasteiger partial charge in [-0.05, 0) is 80.1 Å². The van der Waals surface area contributed by atoms with E-state index in [-0.39, 0.29) is 62.1 Å². The molecule has 12 heteroatoms. The van der Waals surface area contributed by atoms with Crippen molar-refractivity contribution in [1.29, 1.82) is 0 Å². The van der Waals surface area contributed by atoms with Crippen molar-refractivity contribution in [3.8, 4) is 0 Å². The number of rotatable bonds is 7. The molecule has 0 aromatic heterocycles. The molecule has 2 aromatic carbocycles. The number of fused-ring (bicyclic) bond motifs is 1. The summed E-state index contributed by atoms with van der Waals surface area (Å²) >= 11 is 6.00. The van der Waals surface area contributed by atoms with E-state index in [1.807, 2.05) is 0 Å². The summed E-state index contributed by atoms with van der Waals surface area (Å²) in [5.74, 6) is -0.663. The summed E-state index contributed by atoms with van der Waals surface area (Å²) in [6.07, 6.45) is -4.06. The number of alkyl halides is 3. The Balaban J connectivity index is 1.73. The molecule has 0 aliphatic carbocycles. The SMILES string of the molecule is Cc1cc(F)ccc1[C@H]1[C@@H]2CC(CCO)(CCO)C(=O)N2CCN1C(=O)N(C)[C@H](C)c1cc(Cl)cc(C(F)(F)F)c1. The lowest BCUT2D eigenvalue weighted by molar-refractivity contribution is -0.140. The van der Waals surface area contributed by atoms with E-state index in [4.69, 9.17) is 11.6 Å². The molecule has 41 heavy (non-hydrogen) atoms. The van der Waals surface area contributed by atoms with Crippen molar-refractivity contribution in [2.45, 2.75) is 57.4 Å². The Labute approximate surface area is 241 Å². The minimum absolute atomic E-state index is 0.107. The third-order valence-corrected chi connectivity index (χ3v) is 8.80. The van der Waals surface area contributed by atoms with E-state index in [2.05, 4.69) is 0 Å². The number of hydrogen-bond donors (Lipinski definition) is 2. The van der Waals surface area contributed by atoms with Crippen LogP contribution in [-0.4, -0.2) is 76.2 Å². The second-order valence-corrected chi connectivity index (χ2v) is 11.4. The van der Waals surface area contributed by atoms with Gasteiger partial charge in [0.05, 0.1) is 29.1 Å². The first-order valence-electron chi connectivity index (χ1n) is 13.4. The predicted molar refractivity (Wildman–Crippen MR) is 145 cm³/mol. The molecule has 0 bridgehead atoms. The molecule has 7 nitrogen and oxygen atoms in total. The number of piperazine rings is 1. The van der Waals surface area contributed by atoms with Crippen LogP contribution in [0.4, 0.5) is 22.4 Å². The minimum Gasteiger partial charge on any atom is -0.396 e. The van der Waals surface area contributed by atoms with Gasteiger partial charge in [0, 0.05) is 38.4 Å². The van der Waals surface area contributed by atoms with Crippen molar-refractivity contribution < 1.29 is 37.4 Å². The maximum Gasteiger partial charge on any atom is 0.416 e. The lowest BCUT2D eigenvalue weighted by atomic mass is 9.77. The molecular weight excluding hydrogens is 566 g/mol. The molecule has 0 radical (unpaired) electrons. The van der Waals surface area contributed by atoms with Crippen LogP contribution in [0.25, 0.3) is 0 Å². The minimum atomic E-state index is -4.62. The van der Waals surface area contributed by atoms with Crippen LogP contribution in [0.3, 0.4) is 0 Å². The molecular formula is C29H34ClF4N3O4. The van der Waals surface area contributed by atoms with E-state index in [0.717, 1.165) is 12.1 Å². The largest absolute Gasteiger partial charge is 0.416 e. The molecule has 224 valence electrons. The van der Waals surface area contributed by atoms with Crippen LogP contribution in [0.15, 0.2) is 36.4 Å². The quantitative estimate of drug-likeness (QED) is 0.422. The third-order valence-electron chi connectivity index (χ3n) is 8.59. The Hall–Kier alpha value is -2.89. The summed E-state index contributed by atoms with van der Waals surface area (Å²) in [6.45, 7) is 3.12. The second kappa shape index (κ2) is 11.8. The standard InChI is InChI=1S/C29H34ClF4N3O4/c1-17-12-22(31)4-5-23(17)25-24-16-28(6-10-38,7-11-39)26(40)36(24)8-9-37(25)27(41)35(3)18(2)19-13-20(29(32,33)34)15-21(30)14-19/h4-5,12-15,18,24-25,38-39H,6-11,16H2,1-3H3/t18-,24+,25+/m1/s1. The topological polar surface area (TPSA) is 84.3 Å². The van der Waals surface area contributed by atoms with Crippen LogP contribution >= 0.6 is 11.6 Å². The second-order valence-electron chi connectivity index (χ2n) is 11.0. The Kier molecular flexibility index (Phi) is 8.92. The number of nitrogens with zero attached hydrogens (tertiary/aromatic N) is 3. The van der Waals surface area contributed by atoms with Crippen molar-refractivity contribution in [3.63, 3.8) is 0 Å². The zero-order valence-electron chi connectivity index (χ0n) is 23.1. The van der Waals surface area contributed by atoms with E-state index < -0.39 is 47.1 Å². The highest BCUT2D eigenvalue weighted by atomic mass is 35.5. The molecule has 2 aliphatic rings. The van der Waals surface area contributed by atoms with Gasteiger partial charge in [0.1, 0.15) is 5.82 Å². The van der Waals surface area contributed by atoms with Gasteiger partial charge in [0.2, 0.25) is 5.91 Å². The highest BCUT2D eigenvalue weighted by Gasteiger charge is 2.56. The summed E-state index contributed by atoms with van der Waals surface area (Å²) < 4.78 is 54.5. The summed E-state index contributed by atoms with van der Waals surface area (Å²) in [7, 11) is 1.49. The highest BCUT2D eigenvalue weighted by molar-refractivity contribution is 6.30. The van der Waals surface area contributed by atoms with E-state index in [9.17, 15) is 37.4 Å². The zero-order valence-corrected chi connectivity index (χ0v) is 23.8. The molecule has 0 spiro atoms. The number of aliphatic hydroxyl groups excluding tert-OH is 2. The number of carbonyl (C=O) groups excluding carboxylic acids is 2. The zero-order chi connectivity index (χ0) is 30.3. The number of carbonyl (C=O) groups is 2. The van der Waals surface area contributed by atoms with Crippen LogP contribution in [0.1, 0.15) is 60.5 Å². The van der Waals surface area contributed by atoms with Gasteiger partial charge < -0.3 is 24.9 Å². The molecule has 4 rings (SSSR count). The number of aryl methyl sites for hydroxylation is 1. The molecule has 2 aromatic rings. The smallest absolute Gasteiger partial charge is 0.396 e. The van der Waals surface area contributed by atoms with Gasteiger partial charge in [-0.25, -0.2) is 9.18 Å². The monoisotopic (exact) mass is 599 g/mol. The molecule has 3 amide bonds. The average Bonchev–Trinajstić information content (AvgIpc) is 3.18. The normalized spacial score (nSPS) is 21.2. The third kappa shape index (κ3) is 5.89. The first-order chi connectivity index (χ1) is 19.2. The van der Waals surface area contributed by atoms with Gasteiger partial charge in [-0.2, -0.15) is 13.2 Å². The molecule has 0 saturated carbocycles. The summed E-state index contributed by atoms with van der Waals surface area (Å²) in [4.78, 5) is 32.3. The fourth-order valence-electron chi connectivity index (χ4n) is 6.31. The first-order valence-corrected chi connectivity index (χ1v) is 13.8. The molecule has 2 aliphatic heterocycles. The summed E-state index contributed by atoms with van der Waals surface area (Å²) in [6, 6.07) is 4.91. The Morgan fingerprint density at radius 1 is 1.15 bits per heavy atom. The van der Waals surface area contributed by atoms with E-state index in [0.29, 0.717) is 11.1 Å². The number of benzene rings is 2. The van der Waals surface area contributed by atoms with E-state index >= 15 is 0 Å². The van der Waals surface area contributed by atoms with Crippen molar-refractivity contribution >= 4 is 23.5 Å². The fraction of sp³-hybridized carbons (Fsp3) is 0.517. The van der Waals surface area contributed by atoms with Gasteiger partial charge in [0.25, 0.3) is 0 Å². The molecule has 2 N–H and O–H groups in total. The maximum atomic E-state index is 14.1. The van der Waals surface area contributed by atoms with Gasteiger partial charge in [-0.1, -0.05) is 17.7 Å². The van der Waals surface area contributed by atoms with Gasteiger partial charge in [-0.3, -0.25) is 4.79 Å². The van der Waals surface area contributed by atoms with Crippen LogP contribution in [0.2, 0.25) is 5.02 Å². The molecule has 3 atom stereocenters. The molecule has 0 unspecified atom stereocenters. The first kappa shape index (κ1) is 31.1. The Morgan fingerprint density at radius 2 is 1.80 bits per heavy atom. The van der Waals surface area contributed by atoms with Gasteiger partial charge in [0.15, 0.2) is 0 Å². The average molecular weight is 600 g/mol. The summed E-state index contributed by atoms with van der Waals surface area (Å²) in [5, 5.41) is 19.4. The lowest BCUT2D eigenvalue weighted by Gasteiger charge is -2.47. The molecule has 2 heterocycles. The number of halogens is 5. The number of urea groups is 1. The van der Waals surface area contributed by atoms with Crippen molar-refractivity contribution in [2.75, 3.05) is 33.4 Å². The summed E-state index contributed by atoms with van der Waals surface area (Å²) in [5.41, 5.74) is -0.518. The van der Waals surface area contributed by atoms with Crippen molar-refractivity contribution in [3.05, 3.63) is 69.5 Å². The van der Waals surface area contributed by atoms with E-state index in [1.165, 1.54) is 30.1 Å². The predicted octanol–water partition coefficient (Wildman–Crippen LogP) is 5.33. The van der Waals surface area contributed by atoms with Gasteiger partial charge >= 0.3 is 12.2 Å².